The molecule has 0 atom stereocenters. The minimum atomic E-state index is -4.70. The van der Waals surface area contributed by atoms with Crippen LogP contribution in [0.25, 0.3) is 0 Å². The highest BCUT2D eigenvalue weighted by Crippen LogP contribution is 2.30. The van der Waals surface area contributed by atoms with E-state index in [4.69, 9.17) is 0 Å². The van der Waals surface area contributed by atoms with Crippen molar-refractivity contribution < 1.29 is 17.9 Å². The molecule has 0 saturated heterocycles. The van der Waals surface area contributed by atoms with Gasteiger partial charge in [-0.2, -0.15) is 0 Å². The maximum absolute atomic E-state index is 12.3. The van der Waals surface area contributed by atoms with E-state index in [-0.39, 0.29) is 5.75 Å². The maximum atomic E-state index is 12.3. The van der Waals surface area contributed by atoms with E-state index in [0.717, 1.165) is 10.5 Å². The monoisotopic (exact) mass is 313 g/mol. The molecule has 6 heteroatoms. The Labute approximate surface area is 125 Å². The van der Waals surface area contributed by atoms with Crippen LogP contribution >= 0.6 is 11.8 Å². The van der Waals surface area contributed by atoms with Gasteiger partial charge in [0.2, 0.25) is 0 Å². The first-order chi connectivity index (χ1) is 9.98. The van der Waals surface area contributed by atoms with Crippen molar-refractivity contribution in [3.05, 3.63) is 54.1 Å². The van der Waals surface area contributed by atoms with E-state index in [9.17, 15) is 13.2 Å². The molecule has 0 spiro atoms. The van der Waals surface area contributed by atoms with Gasteiger partial charge < -0.3 is 10.1 Å². The van der Waals surface area contributed by atoms with Gasteiger partial charge in [-0.05, 0) is 36.1 Å². The molecular formula is C15H14F3NOS. The first kappa shape index (κ1) is 15.6. The molecule has 112 valence electrons. The average molecular weight is 313 g/mol. The fraction of sp³-hybridized carbons (Fsp3) is 0.200. The van der Waals surface area contributed by atoms with Crippen LogP contribution < -0.4 is 10.1 Å². The van der Waals surface area contributed by atoms with Crippen molar-refractivity contribution in [2.24, 2.45) is 0 Å². The van der Waals surface area contributed by atoms with E-state index >= 15 is 0 Å². The van der Waals surface area contributed by atoms with E-state index in [1.807, 2.05) is 30.5 Å². The van der Waals surface area contributed by atoms with Gasteiger partial charge in [-0.3, -0.25) is 0 Å². The van der Waals surface area contributed by atoms with Gasteiger partial charge in [-0.25, -0.2) is 0 Å². The summed E-state index contributed by atoms with van der Waals surface area (Å²) in [4.78, 5) is 1.14. The molecule has 0 heterocycles. The number of hydrogen-bond donors (Lipinski definition) is 1. The molecule has 0 radical (unpaired) electrons. The Balaban J connectivity index is 2.05. The molecule has 0 aliphatic carbocycles. The minimum absolute atomic E-state index is 0.231. The highest BCUT2D eigenvalue weighted by molar-refractivity contribution is 7.98. The van der Waals surface area contributed by atoms with Crippen LogP contribution in [0, 0.1) is 0 Å². The number of benzene rings is 2. The zero-order chi connectivity index (χ0) is 15.3. The van der Waals surface area contributed by atoms with E-state index in [1.165, 1.54) is 12.1 Å². The fourth-order valence-electron chi connectivity index (χ4n) is 1.77. The smallest absolute Gasteiger partial charge is 0.404 e. The summed E-state index contributed by atoms with van der Waals surface area (Å²) in [7, 11) is 0. The molecule has 2 aromatic carbocycles. The molecule has 21 heavy (non-hydrogen) atoms. The van der Waals surface area contributed by atoms with E-state index in [1.54, 1.807) is 23.9 Å². The van der Waals surface area contributed by atoms with Gasteiger partial charge in [0.25, 0.3) is 0 Å². The average Bonchev–Trinajstić information content (AvgIpc) is 2.45. The second-order valence-corrected chi connectivity index (χ2v) is 5.13. The topological polar surface area (TPSA) is 21.3 Å². The molecule has 1 N–H and O–H groups in total. The molecule has 0 saturated carbocycles. The van der Waals surface area contributed by atoms with Gasteiger partial charge in [0, 0.05) is 11.4 Å². The second kappa shape index (κ2) is 6.76. The van der Waals surface area contributed by atoms with Gasteiger partial charge in [-0.15, -0.1) is 24.9 Å². The molecule has 0 fully saturated rings. The number of para-hydroxylation sites is 2. The highest BCUT2D eigenvalue weighted by atomic mass is 32.2. The zero-order valence-electron chi connectivity index (χ0n) is 11.3. The number of alkyl halides is 3. The van der Waals surface area contributed by atoms with Crippen LogP contribution in [0.3, 0.4) is 0 Å². The lowest BCUT2D eigenvalue weighted by atomic mass is 10.2. The Kier molecular flexibility index (Phi) is 5.01. The summed E-state index contributed by atoms with van der Waals surface area (Å²) in [6.07, 6.45) is -2.71. The zero-order valence-corrected chi connectivity index (χ0v) is 12.1. The van der Waals surface area contributed by atoms with Crippen LogP contribution in [0.1, 0.15) is 5.56 Å². The van der Waals surface area contributed by atoms with Gasteiger partial charge >= 0.3 is 6.36 Å². The number of rotatable bonds is 5. The SMILES string of the molecule is CSc1ccc(CNc2ccccc2OC(F)(F)F)cc1. The molecule has 0 amide bonds. The fourth-order valence-corrected chi connectivity index (χ4v) is 2.18. The van der Waals surface area contributed by atoms with Crippen molar-refractivity contribution in [3.63, 3.8) is 0 Å². The maximum Gasteiger partial charge on any atom is 0.573 e. The molecule has 0 aromatic heterocycles. The highest BCUT2D eigenvalue weighted by Gasteiger charge is 2.32. The first-order valence-electron chi connectivity index (χ1n) is 6.19. The predicted molar refractivity (Wildman–Crippen MR) is 78.7 cm³/mol. The van der Waals surface area contributed by atoms with Crippen molar-refractivity contribution in [1.82, 2.24) is 0 Å². The molecule has 2 aromatic rings. The lowest BCUT2D eigenvalue weighted by Gasteiger charge is -2.14. The molecule has 2 rings (SSSR count). The summed E-state index contributed by atoms with van der Waals surface area (Å²) in [5.41, 5.74) is 1.29. The third-order valence-electron chi connectivity index (χ3n) is 2.75. The molecule has 0 unspecified atom stereocenters. The summed E-state index contributed by atoms with van der Waals surface area (Å²) in [6, 6.07) is 13.8. The molecular weight excluding hydrogens is 299 g/mol. The second-order valence-electron chi connectivity index (χ2n) is 4.25. The van der Waals surface area contributed by atoms with Gasteiger partial charge in [0.15, 0.2) is 5.75 Å². The van der Waals surface area contributed by atoms with Crippen molar-refractivity contribution in [2.75, 3.05) is 11.6 Å². The summed E-state index contributed by atoms with van der Waals surface area (Å²) in [6.45, 7) is 0.424. The Morgan fingerprint density at radius 2 is 1.71 bits per heavy atom. The van der Waals surface area contributed by atoms with Gasteiger partial charge in [-0.1, -0.05) is 24.3 Å². The van der Waals surface area contributed by atoms with E-state index in [0.29, 0.717) is 12.2 Å². The molecule has 0 aliphatic heterocycles. The van der Waals surface area contributed by atoms with E-state index in [2.05, 4.69) is 10.1 Å². The number of thioether (sulfide) groups is 1. The first-order valence-corrected chi connectivity index (χ1v) is 7.42. The summed E-state index contributed by atoms with van der Waals surface area (Å²) in [5.74, 6) is -0.231. The lowest BCUT2D eigenvalue weighted by Crippen LogP contribution is -2.18. The predicted octanol–water partition coefficient (Wildman–Crippen LogP) is 4.92. The third-order valence-corrected chi connectivity index (χ3v) is 3.50. The number of anilines is 1. The van der Waals surface area contributed by atoms with E-state index < -0.39 is 6.36 Å². The largest absolute Gasteiger partial charge is 0.573 e. The lowest BCUT2D eigenvalue weighted by molar-refractivity contribution is -0.274. The summed E-state index contributed by atoms with van der Waals surface area (Å²) < 4.78 is 40.9. The Hall–Kier alpha value is -1.82. The van der Waals surface area contributed by atoms with Crippen molar-refractivity contribution in [1.29, 1.82) is 0 Å². The normalized spacial score (nSPS) is 11.2. The van der Waals surface area contributed by atoms with Crippen LogP contribution in [-0.4, -0.2) is 12.6 Å². The number of hydrogen-bond acceptors (Lipinski definition) is 3. The number of halogens is 3. The van der Waals surface area contributed by atoms with Gasteiger partial charge in [0.1, 0.15) is 0 Å². The molecule has 0 aliphatic rings. The standard InChI is InChI=1S/C15H14F3NOS/c1-21-12-8-6-11(7-9-12)10-19-13-4-2-3-5-14(13)20-15(16,17)18/h2-9,19H,10H2,1H3. The van der Waals surface area contributed by atoms with Gasteiger partial charge in [0.05, 0.1) is 5.69 Å². The van der Waals surface area contributed by atoms with Crippen LogP contribution in [-0.2, 0) is 6.54 Å². The van der Waals surface area contributed by atoms with Crippen LogP contribution in [0.2, 0.25) is 0 Å². The van der Waals surface area contributed by atoms with Crippen LogP contribution in [0.4, 0.5) is 18.9 Å². The van der Waals surface area contributed by atoms with Crippen LogP contribution in [0.15, 0.2) is 53.4 Å². The van der Waals surface area contributed by atoms with Crippen molar-refractivity contribution in [3.8, 4) is 5.75 Å². The number of ether oxygens (including phenoxy) is 1. The Bertz CT molecular complexity index is 584. The Morgan fingerprint density at radius 3 is 2.33 bits per heavy atom. The molecule has 0 bridgehead atoms. The minimum Gasteiger partial charge on any atom is -0.404 e. The summed E-state index contributed by atoms with van der Waals surface area (Å²) >= 11 is 1.64. The van der Waals surface area contributed by atoms with Crippen molar-refractivity contribution in [2.45, 2.75) is 17.8 Å². The molecule has 2 nitrogen and oxygen atoms in total. The third kappa shape index (κ3) is 4.90. The van der Waals surface area contributed by atoms with Crippen molar-refractivity contribution >= 4 is 17.4 Å². The summed E-state index contributed by atoms with van der Waals surface area (Å²) in [5, 5.41) is 2.96. The Morgan fingerprint density at radius 1 is 1.05 bits per heavy atom. The number of nitrogens with one attached hydrogen (secondary N) is 1. The van der Waals surface area contributed by atoms with Crippen LogP contribution in [0.5, 0.6) is 5.75 Å². The quantitative estimate of drug-likeness (QED) is 0.792.